The lowest BCUT2D eigenvalue weighted by molar-refractivity contribution is 0.0511. The zero-order valence-corrected chi connectivity index (χ0v) is 18.8. The summed E-state index contributed by atoms with van der Waals surface area (Å²) < 4.78 is 10.7. The van der Waals surface area contributed by atoms with Crippen LogP contribution in [0, 0.1) is 0 Å². The fourth-order valence-corrected chi connectivity index (χ4v) is 4.42. The van der Waals surface area contributed by atoms with Gasteiger partial charge in [-0.25, -0.2) is 0 Å². The maximum Gasteiger partial charge on any atom is 0.251 e. The quantitative estimate of drug-likeness (QED) is 0.401. The molecule has 0 saturated carbocycles. The highest BCUT2D eigenvalue weighted by molar-refractivity contribution is 8.76. The first-order valence-corrected chi connectivity index (χ1v) is 11.9. The molecule has 0 aromatic heterocycles. The van der Waals surface area contributed by atoms with E-state index in [-0.39, 0.29) is 11.3 Å². The van der Waals surface area contributed by atoms with Crippen molar-refractivity contribution in [3.05, 3.63) is 34.9 Å². The predicted molar refractivity (Wildman–Crippen MR) is 118 cm³/mol. The van der Waals surface area contributed by atoms with Crippen LogP contribution in [-0.4, -0.2) is 51.7 Å². The van der Waals surface area contributed by atoms with E-state index in [0.29, 0.717) is 50.3 Å². The van der Waals surface area contributed by atoms with E-state index >= 15 is 0 Å². The second-order valence-electron chi connectivity index (χ2n) is 7.23. The van der Waals surface area contributed by atoms with E-state index in [2.05, 4.69) is 45.3 Å². The van der Waals surface area contributed by atoms with Crippen LogP contribution < -0.4 is 11.1 Å². The Kier molecular flexibility index (Phi) is 11.4. The zero-order valence-electron chi connectivity index (χ0n) is 17.2. The van der Waals surface area contributed by atoms with Crippen LogP contribution in [0.25, 0.3) is 0 Å². The number of carbonyl (C=O) groups is 1. The van der Waals surface area contributed by atoms with Gasteiger partial charge in [-0.2, -0.15) is 0 Å². The molecular weight excluding hydrogens is 380 g/mol. The van der Waals surface area contributed by atoms with Gasteiger partial charge in [-0.1, -0.05) is 48.4 Å². The van der Waals surface area contributed by atoms with Gasteiger partial charge in [-0.05, 0) is 41.9 Å². The van der Waals surface area contributed by atoms with Crippen molar-refractivity contribution >= 4 is 27.5 Å². The SMILES string of the molecule is CSSC(C)c1ccc(C(=O)NCCOCCOCCN)cc1C(C)(C)C. The van der Waals surface area contributed by atoms with E-state index < -0.39 is 0 Å². The molecule has 7 heteroatoms. The van der Waals surface area contributed by atoms with E-state index in [1.807, 2.05) is 22.9 Å². The van der Waals surface area contributed by atoms with Crippen molar-refractivity contribution in [1.29, 1.82) is 0 Å². The molecule has 27 heavy (non-hydrogen) atoms. The number of nitrogens with one attached hydrogen (secondary N) is 1. The number of nitrogens with two attached hydrogens (primary N) is 1. The highest BCUT2D eigenvalue weighted by Gasteiger charge is 2.22. The molecule has 0 bridgehead atoms. The minimum absolute atomic E-state index is 0.0223. The van der Waals surface area contributed by atoms with Gasteiger partial charge in [-0.3, -0.25) is 4.79 Å². The second kappa shape index (κ2) is 12.7. The molecule has 1 aromatic rings. The summed E-state index contributed by atoms with van der Waals surface area (Å²) in [5.41, 5.74) is 8.52. The van der Waals surface area contributed by atoms with Gasteiger partial charge in [-0.15, -0.1) is 0 Å². The Balaban J connectivity index is 2.62. The van der Waals surface area contributed by atoms with Crippen LogP contribution in [0.4, 0.5) is 0 Å². The maximum atomic E-state index is 12.5. The molecular formula is C20H34N2O3S2. The summed E-state index contributed by atoms with van der Waals surface area (Å²) in [6.45, 7) is 11.8. The number of hydrogen-bond acceptors (Lipinski definition) is 6. The van der Waals surface area contributed by atoms with Gasteiger partial charge >= 0.3 is 0 Å². The average Bonchev–Trinajstić information content (AvgIpc) is 2.62. The summed E-state index contributed by atoms with van der Waals surface area (Å²) in [4.78, 5) is 12.5. The summed E-state index contributed by atoms with van der Waals surface area (Å²) in [7, 11) is 3.60. The first kappa shape index (κ1) is 24.3. The third-order valence-electron chi connectivity index (χ3n) is 3.97. The molecule has 0 aliphatic carbocycles. The van der Waals surface area contributed by atoms with Crippen molar-refractivity contribution < 1.29 is 14.3 Å². The van der Waals surface area contributed by atoms with Crippen LogP contribution in [0.3, 0.4) is 0 Å². The van der Waals surface area contributed by atoms with E-state index in [9.17, 15) is 4.79 Å². The molecule has 1 aromatic carbocycles. The fraction of sp³-hybridized carbons (Fsp3) is 0.650. The molecule has 0 aliphatic heterocycles. The molecule has 1 atom stereocenters. The van der Waals surface area contributed by atoms with Crippen molar-refractivity contribution in [2.45, 2.75) is 38.4 Å². The van der Waals surface area contributed by atoms with E-state index in [1.54, 1.807) is 10.8 Å². The minimum Gasteiger partial charge on any atom is -0.378 e. The second-order valence-corrected chi connectivity index (χ2v) is 10.0. The van der Waals surface area contributed by atoms with Crippen LogP contribution in [0.15, 0.2) is 18.2 Å². The van der Waals surface area contributed by atoms with Gasteiger partial charge in [0.1, 0.15) is 0 Å². The smallest absolute Gasteiger partial charge is 0.251 e. The summed E-state index contributed by atoms with van der Waals surface area (Å²) >= 11 is 0. The van der Waals surface area contributed by atoms with Crippen LogP contribution >= 0.6 is 21.6 Å². The molecule has 5 nitrogen and oxygen atoms in total. The number of hydrogen-bond donors (Lipinski definition) is 2. The topological polar surface area (TPSA) is 73.6 Å². The van der Waals surface area contributed by atoms with Crippen LogP contribution in [0.5, 0.6) is 0 Å². The Labute approximate surface area is 171 Å². The van der Waals surface area contributed by atoms with E-state index in [4.69, 9.17) is 15.2 Å². The Morgan fingerprint density at radius 1 is 1.19 bits per heavy atom. The molecule has 0 spiro atoms. The largest absolute Gasteiger partial charge is 0.378 e. The molecule has 3 N–H and O–H groups in total. The maximum absolute atomic E-state index is 12.5. The van der Waals surface area contributed by atoms with Crippen molar-refractivity contribution in [2.75, 3.05) is 45.8 Å². The molecule has 0 aliphatic rings. The molecule has 154 valence electrons. The van der Waals surface area contributed by atoms with Crippen LogP contribution in [0.1, 0.15) is 54.4 Å². The lowest BCUT2D eigenvalue weighted by Crippen LogP contribution is -2.28. The summed E-state index contributed by atoms with van der Waals surface area (Å²) in [5.74, 6) is -0.0693. The Hall–Kier alpha value is -0.730. The summed E-state index contributed by atoms with van der Waals surface area (Å²) in [6, 6.07) is 6.04. The predicted octanol–water partition coefficient (Wildman–Crippen LogP) is 3.78. The Bertz CT molecular complexity index is 577. The van der Waals surface area contributed by atoms with Crippen molar-refractivity contribution in [3.8, 4) is 0 Å². The summed E-state index contributed by atoms with van der Waals surface area (Å²) in [5, 5.41) is 3.30. The van der Waals surface area contributed by atoms with Gasteiger partial charge in [0.25, 0.3) is 5.91 Å². The minimum atomic E-state index is -0.0693. The number of carbonyl (C=O) groups excluding carboxylic acids is 1. The number of ether oxygens (including phenoxy) is 2. The van der Waals surface area contributed by atoms with Crippen molar-refractivity contribution in [3.63, 3.8) is 0 Å². The lowest BCUT2D eigenvalue weighted by atomic mass is 9.82. The molecule has 0 radical (unpaired) electrons. The van der Waals surface area contributed by atoms with Gasteiger partial charge in [0.15, 0.2) is 0 Å². The first-order valence-electron chi connectivity index (χ1n) is 9.29. The monoisotopic (exact) mass is 414 g/mol. The molecule has 1 rings (SSSR count). The normalized spacial score (nSPS) is 12.8. The van der Waals surface area contributed by atoms with E-state index in [0.717, 1.165) is 0 Å². The molecule has 0 heterocycles. The number of amides is 1. The fourth-order valence-electron chi connectivity index (χ4n) is 2.64. The van der Waals surface area contributed by atoms with E-state index in [1.165, 1.54) is 11.1 Å². The van der Waals surface area contributed by atoms with Gasteiger partial charge in [0, 0.05) is 23.9 Å². The van der Waals surface area contributed by atoms with Crippen molar-refractivity contribution in [1.82, 2.24) is 5.32 Å². The van der Waals surface area contributed by atoms with Crippen molar-refractivity contribution in [2.24, 2.45) is 5.73 Å². The van der Waals surface area contributed by atoms with Gasteiger partial charge in [0.05, 0.1) is 26.4 Å². The van der Waals surface area contributed by atoms with Crippen LogP contribution in [0.2, 0.25) is 0 Å². The molecule has 0 saturated heterocycles. The third-order valence-corrected chi connectivity index (χ3v) is 6.15. The Morgan fingerprint density at radius 2 is 1.85 bits per heavy atom. The molecule has 1 amide bonds. The zero-order chi connectivity index (χ0) is 20.3. The Morgan fingerprint density at radius 3 is 2.44 bits per heavy atom. The third kappa shape index (κ3) is 8.87. The first-order chi connectivity index (χ1) is 12.8. The lowest BCUT2D eigenvalue weighted by Gasteiger charge is -2.26. The average molecular weight is 415 g/mol. The molecule has 0 fully saturated rings. The van der Waals surface area contributed by atoms with Gasteiger partial charge < -0.3 is 20.5 Å². The highest BCUT2D eigenvalue weighted by atomic mass is 33.1. The standard InChI is InChI=1S/C20H34N2O3S2/c1-15(27-26-5)17-7-6-16(14-18(17)20(2,3)4)19(23)22-9-11-25-13-12-24-10-8-21/h6-7,14-15H,8-13,21H2,1-5H3,(H,22,23). The molecule has 1 unspecified atom stereocenters. The summed E-state index contributed by atoms with van der Waals surface area (Å²) in [6.07, 6.45) is 2.09. The highest BCUT2D eigenvalue weighted by Crippen LogP contribution is 2.40. The number of benzene rings is 1. The number of rotatable bonds is 12. The van der Waals surface area contributed by atoms with Crippen LogP contribution in [-0.2, 0) is 14.9 Å². The van der Waals surface area contributed by atoms with Gasteiger partial charge in [0.2, 0.25) is 0 Å².